The lowest BCUT2D eigenvalue weighted by Gasteiger charge is -2.20. The standard InChI is InChI=1S/C26H34O9/c27-5-7-30-9-11-32-13-15-34-22-3-4-24-21(18-22)17-20-1-2-23(19-25(20)26(24)29)35-16-14-33-12-10-31-8-6-28/h1-4,18-19,27-28H,5-17H2. The largest absolute Gasteiger partial charge is 0.491 e. The number of fused-ring (bicyclic) bond motifs is 2. The molecule has 0 heterocycles. The molecule has 0 radical (unpaired) electrons. The minimum Gasteiger partial charge on any atom is -0.491 e. The van der Waals surface area contributed by atoms with Crippen molar-refractivity contribution in [1.82, 2.24) is 0 Å². The summed E-state index contributed by atoms with van der Waals surface area (Å²) in [4.78, 5) is 13.1. The van der Waals surface area contributed by atoms with Crippen LogP contribution in [0.2, 0.25) is 0 Å². The monoisotopic (exact) mass is 490 g/mol. The van der Waals surface area contributed by atoms with Crippen molar-refractivity contribution in [2.75, 3.05) is 79.3 Å². The number of hydrogen-bond acceptors (Lipinski definition) is 9. The number of rotatable bonds is 18. The second-order valence-corrected chi connectivity index (χ2v) is 7.74. The zero-order chi connectivity index (χ0) is 24.7. The summed E-state index contributed by atoms with van der Waals surface area (Å²) in [6.45, 7) is 3.94. The van der Waals surface area contributed by atoms with Crippen LogP contribution in [0, 0.1) is 0 Å². The molecule has 0 saturated heterocycles. The van der Waals surface area contributed by atoms with Crippen LogP contribution in [0.1, 0.15) is 27.0 Å². The average Bonchev–Trinajstić information content (AvgIpc) is 2.87. The van der Waals surface area contributed by atoms with Gasteiger partial charge in [-0.05, 0) is 47.9 Å². The van der Waals surface area contributed by atoms with Crippen LogP contribution in [0.3, 0.4) is 0 Å². The highest BCUT2D eigenvalue weighted by atomic mass is 16.6. The highest BCUT2D eigenvalue weighted by Crippen LogP contribution is 2.31. The maximum Gasteiger partial charge on any atom is 0.193 e. The molecular formula is C26H34O9. The lowest BCUT2D eigenvalue weighted by atomic mass is 9.85. The maximum atomic E-state index is 13.1. The summed E-state index contributed by atoms with van der Waals surface area (Å²) >= 11 is 0. The second-order valence-electron chi connectivity index (χ2n) is 7.74. The Morgan fingerprint density at radius 3 is 1.69 bits per heavy atom. The molecule has 9 nitrogen and oxygen atoms in total. The number of benzene rings is 2. The molecule has 2 N–H and O–H groups in total. The van der Waals surface area contributed by atoms with Crippen molar-refractivity contribution in [3.05, 3.63) is 58.7 Å². The average molecular weight is 491 g/mol. The van der Waals surface area contributed by atoms with Gasteiger partial charge in [-0.3, -0.25) is 4.79 Å². The molecule has 1 aliphatic rings. The Hall–Kier alpha value is -2.53. The summed E-state index contributed by atoms with van der Waals surface area (Å²) in [7, 11) is 0. The van der Waals surface area contributed by atoms with Gasteiger partial charge in [0.1, 0.15) is 24.7 Å². The van der Waals surface area contributed by atoms with Gasteiger partial charge in [0.25, 0.3) is 0 Å². The van der Waals surface area contributed by atoms with Gasteiger partial charge in [-0.25, -0.2) is 0 Å². The molecule has 0 unspecified atom stereocenters. The summed E-state index contributed by atoms with van der Waals surface area (Å²) in [6.07, 6.45) is 0.642. The first-order valence-electron chi connectivity index (χ1n) is 11.8. The third kappa shape index (κ3) is 8.88. The summed E-state index contributed by atoms with van der Waals surface area (Å²) < 4.78 is 32.6. The minimum absolute atomic E-state index is 0.000713. The van der Waals surface area contributed by atoms with Crippen LogP contribution in [-0.2, 0) is 25.4 Å². The van der Waals surface area contributed by atoms with Crippen LogP contribution in [0.4, 0.5) is 0 Å². The fourth-order valence-electron chi connectivity index (χ4n) is 3.60. The number of ketones is 1. The highest BCUT2D eigenvalue weighted by Gasteiger charge is 2.24. The maximum absolute atomic E-state index is 13.1. The Morgan fingerprint density at radius 2 is 1.09 bits per heavy atom. The van der Waals surface area contributed by atoms with Crippen LogP contribution >= 0.6 is 0 Å². The predicted molar refractivity (Wildman–Crippen MR) is 128 cm³/mol. The van der Waals surface area contributed by atoms with Gasteiger partial charge in [0.2, 0.25) is 0 Å². The third-order valence-electron chi connectivity index (χ3n) is 5.24. The molecule has 0 atom stereocenters. The summed E-state index contributed by atoms with van der Waals surface area (Å²) in [5.74, 6) is 1.30. The number of ether oxygens (including phenoxy) is 6. The Bertz CT molecular complexity index is 916. The first-order valence-corrected chi connectivity index (χ1v) is 11.8. The van der Waals surface area contributed by atoms with E-state index < -0.39 is 0 Å². The topological polar surface area (TPSA) is 113 Å². The second kappa shape index (κ2) is 15.5. The molecule has 9 heteroatoms. The van der Waals surface area contributed by atoms with E-state index in [1.165, 1.54) is 0 Å². The quantitative estimate of drug-likeness (QED) is 0.257. The first kappa shape index (κ1) is 27.1. The smallest absolute Gasteiger partial charge is 0.193 e. The van der Waals surface area contributed by atoms with Crippen LogP contribution in [0.25, 0.3) is 0 Å². The number of carbonyl (C=O) groups excluding carboxylic acids is 1. The Labute approximate surface area is 205 Å². The molecule has 0 aromatic heterocycles. The van der Waals surface area contributed by atoms with Crippen molar-refractivity contribution in [1.29, 1.82) is 0 Å². The van der Waals surface area contributed by atoms with E-state index in [9.17, 15) is 4.79 Å². The molecule has 2 aromatic rings. The van der Waals surface area contributed by atoms with Crippen molar-refractivity contribution < 1.29 is 43.4 Å². The zero-order valence-corrected chi connectivity index (χ0v) is 19.9. The van der Waals surface area contributed by atoms with E-state index in [1.54, 1.807) is 18.2 Å². The molecule has 0 bridgehead atoms. The Morgan fingerprint density at radius 1 is 0.571 bits per heavy atom. The van der Waals surface area contributed by atoms with E-state index in [1.807, 2.05) is 18.2 Å². The fourth-order valence-corrected chi connectivity index (χ4v) is 3.60. The van der Waals surface area contributed by atoms with Crippen molar-refractivity contribution in [3.8, 4) is 11.5 Å². The number of carbonyl (C=O) groups is 1. The van der Waals surface area contributed by atoms with Gasteiger partial charge in [-0.1, -0.05) is 6.07 Å². The molecule has 0 amide bonds. The first-order chi connectivity index (χ1) is 17.2. The van der Waals surface area contributed by atoms with Crippen LogP contribution in [-0.4, -0.2) is 95.3 Å². The molecule has 192 valence electrons. The normalized spacial score (nSPS) is 12.3. The van der Waals surface area contributed by atoms with E-state index in [2.05, 4.69) is 0 Å². The van der Waals surface area contributed by atoms with Crippen molar-refractivity contribution >= 4 is 5.78 Å². The molecule has 1 aliphatic carbocycles. The molecule has 3 rings (SSSR count). The van der Waals surface area contributed by atoms with Crippen LogP contribution in [0.5, 0.6) is 11.5 Å². The SMILES string of the molecule is O=C1c2ccc(OCCOCCOCCO)cc2Cc2ccc(OCCOCCOCCO)cc21. The summed E-state index contributed by atoms with van der Waals surface area (Å²) in [6, 6.07) is 11.1. The summed E-state index contributed by atoms with van der Waals surface area (Å²) in [5.41, 5.74) is 3.21. The summed E-state index contributed by atoms with van der Waals surface area (Å²) in [5, 5.41) is 17.3. The van der Waals surface area contributed by atoms with Gasteiger partial charge >= 0.3 is 0 Å². The van der Waals surface area contributed by atoms with Gasteiger partial charge in [0.05, 0.1) is 66.1 Å². The molecular weight excluding hydrogens is 456 g/mol. The number of aliphatic hydroxyl groups excluding tert-OH is 2. The number of aliphatic hydroxyl groups is 2. The molecule has 0 spiro atoms. The van der Waals surface area contributed by atoms with Gasteiger partial charge in [0, 0.05) is 11.1 Å². The predicted octanol–water partition coefficient (Wildman–Crippen LogP) is 1.63. The molecule has 0 fully saturated rings. The Kier molecular flexibility index (Phi) is 12.0. The fraction of sp³-hybridized carbons (Fsp3) is 0.500. The van der Waals surface area contributed by atoms with E-state index in [0.29, 0.717) is 95.1 Å². The van der Waals surface area contributed by atoms with Gasteiger partial charge in [0.15, 0.2) is 5.78 Å². The molecule has 0 aliphatic heterocycles. The number of hydrogen-bond donors (Lipinski definition) is 2. The van der Waals surface area contributed by atoms with Gasteiger partial charge in [-0.15, -0.1) is 0 Å². The van der Waals surface area contributed by atoms with Crippen LogP contribution < -0.4 is 9.47 Å². The minimum atomic E-state index is -0.0262. The van der Waals surface area contributed by atoms with E-state index in [-0.39, 0.29) is 19.0 Å². The van der Waals surface area contributed by atoms with E-state index in [4.69, 9.17) is 38.6 Å². The lowest BCUT2D eigenvalue weighted by molar-refractivity contribution is 0.0247. The molecule has 35 heavy (non-hydrogen) atoms. The molecule has 2 aromatic carbocycles. The zero-order valence-electron chi connectivity index (χ0n) is 19.9. The molecule has 0 saturated carbocycles. The van der Waals surface area contributed by atoms with Gasteiger partial charge in [-0.2, -0.15) is 0 Å². The highest BCUT2D eigenvalue weighted by molar-refractivity contribution is 6.12. The van der Waals surface area contributed by atoms with Crippen molar-refractivity contribution in [3.63, 3.8) is 0 Å². The van der Waals surface area contributed by atoms with Gasteiger partial charge < -0.3 is 38.6 Å². The van der Waals surface area contributed by atoms with Crippen molar-refractivity contribution in [2.45, 2.75) is 6.42 Å². The van der Waals surface area contributed by atoms with Crippen molar-refractivity contribution in [2.24, 2.45) is 0 Å². The third-order valence-corrected chi connectivity index (χ3v) is 5.24. The van der Waals surface area contributed by atoms with E-state index in [0.717, 1.165) is 11.1 Å². The lowest BCUT2D eigenvalue weighted by Crippen LogP contribution is -2.16. The Balaban J connectivity index is 1.43. The van der Waals surface area contributed by atoms with E-state index >= 15 is 0 Å². The van der Waals surface area contributed by atoms with Crippen LogP contribution in [0.15, 0.2) is 36.4 Å².